The first-order chi connectivity index (χ1) is 10.2. The molecule has 0 amide bonds. The molecule has 3 heteroatoms. The molecular formula is C18H20N2S. The number of aromatic nitrogens is 1. The van der Waals surface area contributed by atoms with Crippen molar-refractivity contribution in [2.45, 2.75) is 25.8 Å². The zero-order valence-electron chi connectivity index (χ0n) is 12.6. The van der Waals surface area contributed by atoms with Crippen LogP contribution in [0.25, 0.3) is 10.8 Å². The lowest BCUT2D eigenvalue weighted by Crippen LogP contribution is -2.18. The smallest absolute Gasteiger partial charge is 0.114 e. The maximum absolute atomic E-state index is 4.82. The van der Waals surface area contributed by atoms with E-state index in [2.05, 4.69) is 67.0 Å². The van der Waals surface area contributed by atoms with Gasteiger partial charge >= 0.3 is 0 Å². The second-order valence-electron chi connectivity index (χ2n) is 5.56. The van der Waals surface area contributed by atoms with Gasteiger partial charge in [-0.3, -0.25) is 0 Å². The first kappa shape index (κ1) is 14.2. The average Bonchev–Trinajstić information content (AvgIpc) is 2.98. The molecule has 3 aromatic rings. The summed E-state index contributed by atoms with van der Waals surface area (Å²) < 4.78 is 0. The van der Waals surface area contributed by atoms with Crippen molar-refractivity contribution < 1.29 is 0 Å². The maximum Gasteiger partial charge on any atom is 0.114 e. The van der Waals surface area contributed by atoms with Gasteiger partial charge in [-0.25, -0.2) is 4.98 Å². The molecule has 108 valence electrons. The summed E-state index contributed by atoms with van der Waals surface area (Å²) in [6, 6.07) is 15.2. The standard InChI is InChI=1S/C18H20N2S/c1-12(2)16-11-21-18(20-16)17(19-3)15-10-6-8-13-7-4-5-9-14(13)15/h4-12,17,19H,1-3H3. The van der Waals surface area contributed by atoms with Gasteiger partial charge in [-0.05, 0) is 29.3 Å². The van der Waals surface area contributed by atoms with Gasteiger partial charge in [0.05, 0.1) is 11.7 Å². The van der Waals surface area contributed by atoms with Crippen LogP contribution in [0.3, 0.4) is 0 Å². The van der Waals surface area contributed by atoms with Crippen LogP contribution in [-0.4, -0.2) is 12.0 Å². The van der Waals surface area contributed by atoms with Crippen molar-refractivity contribution in [3.8, 4) is 0 Å². The third kappa shape index (κ3) is 2.71. The molecule has 1 unspecified atom stereocenters. The molecule has 3 rings (SSSR count). The Morgan fingerprint density at radius 3 is 2.52 bits per heavy atom. The van der Waals surface area contributed by atoms with Crippen LogP contribution in [0, 0.1) is 0 Å². The van der Waals surface area contributed by atoms with Crippen molar-refractivity contribution in [3.05, 3.63) is 64.1 Å². The fourth-order valence-electron chi connectivity index (χ4n) is 2.61. The quantitative estimate of drug-likeness (QED) is 0.753. The molecule has 1 atom stereocenters. The number of hydrogen-bond acceptors (Lipinski definition) is 3. The van der Waals surface area contributed by atoms with Crippen molar-refractivity contribution in [2.24, 2.45) is 0 Å². The lowest BCUT2D eigenvalue weighted by Gasteiger charge is -2.16. The Labute approximate surface area is 129 Å². The Morgan fingerprint density at radius 2 is 1.81 bits per heavy atom. The van der Waals surface area contributed by atoms with Gasteiger partial charge in [0.2, 0.25) is 0 Å². The second kappa shape index (κ2) is 5.96. The van der Waals surface area contributed by atoms with Gasteiger partial charge in [0.1, 0.15) is 5.01 Å². The van der Waals surface area contributed by atoms with E-state index in [9.17, 15) is 0 Å². The van der Waals surface area contributed by atoms with Gasteiger partial charge < -0.3 is 5.32 Å². The Balaban J connectivity index is 2.09. The highest BCUT2D eigenvalue weighted by molar-refractivity contribution is 7.09. The minimum absolute atomic E-state index is 0.147. The van der Waals surface area contributed by atoms with E-state index in [1.807, 2.05) is 7.05 Å². The molecular weight excluding hydrogens is 276 g/mol. The van der Waals surface area contributed by atoms with Crippen LogP contribution in [-0.2, 0) is 0 Å². The van der Waals surface area contributed by atoms with E-state index in [4.69, 9.17) is 4.98 Å². The summed E-state index contributed by atoms with van der Waals surface area (Å²) in [4.78, 5) is 4.82. The largest absolute Gasteiger partial charge is 0.307 e. The number of fused-ring (bicyclic) bond motifs is 1. The van der Waals surface area contributed by atoms with Gasteiger partial charge in [-0.2, -0.15) is 0 Å². The molecule has 21 heavy (non-hydrogen) atoms. The SMILES string of the molecule is CNC(c1nc(C(C)C)cs1)c1cccc2ccccc12. The normalized spacial score (nSPS) is 13.0. The summed E-state index contributed by atoms with van der Waals surface area (Å²) in [6.45, 7) is 4.37. The Kier molecular flexibility index (Phi) is 4.04. The molecule has 0 spiro atoms. The fourth-order valence-corrected chi connectivity index (χ4v) is 3.72. The Morgan fingerprint density at radius 1 is 1.05 bits per heavy atom. The third-order valence-electron chi connectivity index (χ3n) is 3.80. The molecule has 0 aliphatic rings. The summed E-state index contributed by atoms with van der Waals surface area (Å²) in [5, 5.41) is 9.31. The van der Waals surface area contributed by atoms with E-state index in [0.29, 0.717) is 5.92 Å². The third-order valence-corrected chi connectivity index (χ3v) is 4.73. The van der Waals surface area contributed by atoms with Gasteiger partial charge in [-0.15, -0.1) is 11.3 Å². The average molecular weight is 296 g/mol. The molecule has 1 aromatic heterocycles. The van der Waals surface area contributed by atoms with Crippen molar-refractivity contribution in [1.82, 2.24) is 10.3 Å². The molecule has 0 radical (unpaired) electrons. The minimum atomic E-state index is 0.147. The highest BCUT2D eigenvalue weighted by atomic mass is 32.1. The molecule has 1 N–H and O–H groups in total. The van der Waals surface area contributed by atoms with Crippen LogP contribution < -0.4 is 5.32 Å². The predicted octanol–water partition coefficient (Wildman–Crippen LogP) is 4.73. The molecule has 2 nitrogen and oxygen atoms in total. The molecule has 0 fully saturated rings. The van der Waals surface area contributed by atoms with Crippen LogP contribution in [0.5, 0.6) is 0 Å². The molecule has 0 aliphatic heterocycles. The molecule has 1 heterocycles. The van der Waals surface area contributed by atoms with Crippen molar-refractivity contribution in [3.63, 3.8) is 0 Å². The summed E-state index contributed by atoms with van der Waals surface area (Å²) in [7, 11) is 2.00. The van der Waals surface area contributed by atoms with E-state index in [1.54, 1.807) is 11.3 Å². The number of benzene rings is 2. The summed E-state index contributed by atoms with van der Waals surface area (Å²) in [5.41, 5.74) is 2.47. The van der Waals surface area contributed by atoms with Crippen LogP contribution in [0.4, 0.5) is 0 Å². The van der Waals surface area contributed by atoms with Crippen LogP contribution >= 0.6 is 11.3 Å². The van der Waals surface area contributed by atoms with E-state index in [1.165, 1.54) is 22.0 Å². The van der Waals surface area contributed by atoms with E-state index in [0.717, 1.165) is 5.01 Å². The summed E-state index contributed by atoms with van der Waals surface area (Å²) in [5.74, 6) is 0.472. The Bertz CT molecular complexity index is 740. The number of hydrogen-bond donors (Lipinski definition) is 1. The zero-order chi connectivity index (χ0) is 14.8. The molecule has 0 aliphatic carbocycles. The highest BCUT2D eigenvalue weighted by Gasteiger charge is 2.18. The van der Waals surface area contributed by atoms with E-state index >= 15 is 0 Å². The van der Waals surface area contributed by atoms with Gasteiger partial charge in [0.15, 0.2) is 0 Å². The number of rotatable bonds is 4. The number of nitrogens with zero attached hydrogens (tertiary/aromatic N) is 1. The molecule has 0 saturated heterocycles. The zero-order valence-corrected chi connectivity index (χ0v) is 13.4. The first-order valence-electron chi connectivity index (χ1n) is 7.31. The fraction of sp³-hybridized carbons (Fsp3) is 0.278. The topological polar surface area (TPSA) is 24.9 Å². The predicted molar refractivity (Wildman–Crippen MR) is 91.1 cm³/mol. The van der Waals surface area contributed by atoms with Crippen molar-refractivity contribution in [1.29, 1.82) is 0 Å². The number of thiazole rings is 1. The maximum atomic E-state index is 4.82. The second-order valence-corrected chi connectivity index (χ2v) is 6.45. The van der Waals surface area contributed by atoms with Gasteiger partial charge in [0, 0.05) is 5.38 Å². The van der Waals surface area contributed by atoms with Gasteiger partial charge in [-0.1, -0.05) is 56.3 Å². The molecule has 2 aromatic carbocycles. The Hall–Kier alpha value is -1.71. The first-order valence-corrected chi connectivity index (χ1v) is 8.19. The van der Waals surface area contributed by atoms with Crippen molar-refractivity contribution >= 4 is 22.1 Å². The van der Waals surface area contributed by atoms with E-state index in [-0.39, 0.29) is 6.04 Å². The summed E-state index contributed by atoms with van der Waals surface area (Å²) in [6.07, 6.45) is 0. The minimum Gasteiger partial charge on any atom is -0.307 e. The molecule has 0 bridgehead atoms. The van der Waals surface area contributed by atoms with E-state index < -0.39 is 0 Å². The lowest BCUT2D eigenvalue weighted by atomic mass is 9.99. The van der Waals surface area contributed by atoms with Crippen LogP contribution in [0.15, 0.2) is 47.8 Å². The van der Waals surface area contributed by atoms with Crippen LogP contribution in [0.1, 0.15) is 42.1 Å². The monoisotopic (exact) mass is 296 g/mol. The summed E-state index contributed by atoms with van der Waals surface area (Å²) >= 11 is 1.74. The van der Waals surface area contributed by atoms with Crippen molar-refractivity contribution in [2.75, 3.05) is 7.05 Å². The molecule has 0 saturated carbocycles. The van der Waals surface area contributed by atoms with Crippen LogP contribution in [0.2, 0.25) is 0 Å². The van der Waals surface area contributed by atoms with Gasteiger partial charge in [0.25, 0.3) is 0 Å². The lowest BCUT2D eigenvalue weighted by molar-refractivity contribution is 0.683. The number of nitrogens with one attached hydrogen (secondary N) is 1. The highest BCUT2D eigenvalue weighted by Crippen LogP contribution is 2.31.